The van der Waals surface area contributed by atoms with Crippen LogP contribution in [0.1, 0.15) is 12.8 Å². The fourth-order valence-electron chi connectivity index (χ4n) is 1.28. The minimum Gasteiger partial charge on any atom is -1.00 e. The Kier molecular flexibility index (Phi) is 6.08. The zero-order valence-electron chi connectivity index (χ0n) is 6.40. The van der Waals surface area contributed by atoms with Crippen LogP contribution in [-0.4, -0.2) is 26.8 Å². The average molecular weight is 165 g/mol. The first kappa shape index (κ1) is 10.2. The lowest BCUT2D eigenvalue weighted by atomic mass is 10.00. The summed E-state index contributed by atoms with van der Waals surface area (Å²) < 4.78 is 5.05. The molecule has 0 radical (unpaired) electrons. The number of hydrogen-bond donors (Lipinski definition) is 1. The molecule has 0 spiro atoms. The molecule has 0 bridgehead atoms. The highest BCUT2D eigenvalue weighted by atomic mass is 35.5. The molecule has 0 amide bonds. The zero-order chi connectivity index (χ0) is 6.53. The summed E-state index contributed by atoms with van der Waals surface area (Å²) in [6.45, 7) is 3.30. The van der Waals surface area contributed by atoms with E-state index in [-0.39, 0.29) is 12.4 Å². The van der Waals surface area contributed by atoms with Gasteiger partial charge in [0.05, 0.1) is 0 Å². The molecule has 62 valence electrons. The summed E-state index contributed by atoms with van der Waals surface area (Å²) in [5.41, 5.74) is 0. The van der Waals surface area contributed by atoms with Gasteiger partial charge in [-0.25, -0.2) is 0 Å². The van der Waals surface area contributed by atoms with Crippen molar-refractivity contribution in [2.24, 2.45) is 5.92 Å². The molecule has 0 unspecified atom stereocenters. The van der Waals surface area contributed by atoms with Crippen LogP contribution in [0.4, 0.5) is 0 Å². The standard InChI is InChI=1S/C7H15NO.ClH/c1-9-6-7-2-4-8-5-3-7;/h7-8H,2-6H2,1H3;1H/p-1. The number of piperidine rings is 1. The average Bonchev–Trinajstić information content (AvgIpc) is 1.91. The maximum atomic E-state index is 5.05. The first-order valence-corrected chi connectivity index (χ1v) is 3.63. The Bertz CT molecular complexity index is 71.3. The van der Waals surface area contributed by atoms with Crippen LogP contribution < -0.4 is 17.7 Å². The van der Waals surface area contributed by atoms with E-state index in [1.165, 1.54) is 25.9 Å². The van der Waals surface area contributed by atoms with Crippen molar-refractivity contribution >= 4 is 0 Å². The first-order valence-electron chi connectivity index (χ1n) is 3.63. The predicted molar refractivity (Wildman–Crippen MR) is 37.5 cm³/mol. The van der Waals surface area contributed by atoms with Crippen LogP contribution in [0.3, 0.4) is 0 Å². The van der Waals surface area contributed by atoms with Gasteiger partial charge >= 0.3 is 0 Å². The third kappa shape index (κ3) is 3.40. The molecular weight excluding hydrogens is 150 g/mol. The van der Waals surface area contributed by atoms with Crippen molar-refractivity contribution in [1.82, 2.24) is 5.32 Å². The molecule has 0 aromatic heterocycles. The van der Waals surface area contributed by atoms with E-state index in [9.17, 15) is 0 Å². The van der Waals surface area contributed by atoms with Gasteiger partial charge in [-0.15, -0.1) is 0 Å². The summed E-state index contributed by atoms with van der Waals surface area (Å²) in [5, 5.41) is 3.32. The number of ether oxygens (including phenoxy) is 1. The van der Waals surface area contributed by atoms with Gasteiger partial charge < -0.3 is 22.5 Å². The molecule has 1 rings (SSSR count). The van der Waals surface area contributed by atoms with Gasteiger partial charge in [0.1, 0.15) is 0 Å². The van der Waals surface area contributed by atoms with Crippen molar-refractivity contribution in [1.29, 1.82) is 0 Å². The Morgan fingerprint density at radius 2 is 2.00 bits per heavy atom. The van der Waals surface area contributed by atoms with Crippen LogP contribution in [0, 0.1) is 5.92 Å². The van der Waals surface area contributed by atoms with Crippen LogP contribution in [-0.2, 0) is 4.74 Å². The highest BCUT2D eigenvalue weighted by Gasteiger charge is 2.11. The van der Waals surface area contributed by atoms with Crippen LogP contribution in [0.5, 0.6) is 0 Å². The lowest BCUT2D eigenvalue weighted by Gasteiger charge is -2.21. The van der Waals surface area contributed by atoms with E-state index in [1.54, 1.807) is 7.11 Å². The molecule has 0 aliphatic carbocycles. The third-order valence-corrected chi connectivity index (χ3v) is 1.86. The van der Waals surface area contributed by atoms with Crippen LogP contribution in [0.25, 0.3) is 0 Å². The number of methoxy groups -OCH3 is 1. The van der Waals surface area contributed by atoms with Gasteiger partial charge in [0.15, 0.2) is 0 Å². The van der Waals surface area contributed by atoms with Crippen LogP contribution in [0.15, 0.2) is 0 Å². The maximum Gasteiger partial charge on any atom is 0.0491 e. The fourth-order valence-corrected chi connectivity index (χ4v) is 1.28. The molecule has 1 heterocycles. The first-order chi connectivity index (χ1) is 4.43. The molecule has 10 heavy (non-hydrogen) atoms. The van der Waals surface area contributed by atoms with Crippen molar-refractivity contribution in [3.05, 3.63) is 0 Å². The second-order valence-electron chi connectivity index (χ2n) is 2.65. The maximum absolute atomic E-state index is 5.05. The second-order valence-corrected chi connectivity index (χ2v) is 2.65. The molecule has 1 fully saturated rings. The smallest absolute Gasteiger partial charge is 0.0491 e. The van der Waals surface area contributed by atoms with E-state index in [4.69, 9.17) is 4.74 Å². The number of nitrogens with one attached hydrogen (secondary N) is 1. The SMILES string of the molecule is COCC1CCNCC1.[Cl-]. The molecule has 1 aliphatic heterocycles. The van der Waals surface area contributed by atoms with Gasteiger partial charge in [-0.1, -0.05) is 0 Å². The summed E-state index contributed by atoms with van der Waals surface area (Å²) in [5.74, 6) is 0.816. The van der Waals surface area contributed by atoms with Crippen molar-refractivity contribution in [2.45, 2.75) is 12.8 Å². The number of rotatable bonds is 2. The highest BCUT2D eigenvalue weighted by Crippen LogP contribution is 2.10. The largest absolute Gasteiger partial charge is 1.00 e. The van der Waals surface area contributed by atoms with Gasteiger partial charge in [-0.3, -0.25) is 0 Å². The molecule has 0 atom stereocenters. The topological polar surface area (TPSA) is 21.3 Å². The molecule has 2 nitrogen and oxygen atoms in total. The van der Waals surface area contributed by atoms with E-state index < -0.39 is 0 Å². The highest BCUT2D eigenvalue weighted by molar-refractivity contribution is 4.67. The van der Waals surface area contributed by atoms with E-state index >= 15 is 0 Å². The summed E-state index contributed by atoms with van der Waals surface area (Å²) in [7, 11) is 1.78. The van der Waals surface area contributed by atoms with E-state index in [2.05, 4.69) is 5.32 Å². The Morgan fingerprint density at radius 1 is 1.40 bits per heavy atom. The van der Waals surface area contributed by atoms with Crippen molar-refractivity contribution in [3.63, 3.8) is 0 Å². The third-order valence-electron chi connectivity index (χ3n) is 1.86. The minimum atomic E-state index is 0. The fraction of sp³-hybridized carbons (Fsp3) is 1.00. The summed E-state index contributed by atoms with van der Waals surface area (Å²) >= 11 is 0. The second kappa shape index (κ2) is 5.96. The van der Waals surface area contributed by atoms with Gasteiger partial charge in [0.2, 0.25) is 0 Å². The van der Waals surface area contributed by atoms with Crippen LogP contribution in [0.2, 0.25) is 0 Å². The molecule has 0 saturated carbocycles. The van der Waals surface area contributed by atoms with E-state index in [0.717, 1.165) is 12.5 Å². The molecular formula is C7H15ClNO-. The van der Waals surface area contributed by atoms with Gasteiger partial charge in [0, 0.05) is 13.7 Å². The Labute approximate surface area is 68.7 Å². The van der Waals surface area contributed by atoms with Crippen molar-refractivity contribution < 1.29 is 17.1 Å². The molecule has 3 heteroatoms. The van der Waals surface area contributed by atoms with E-state index in [1.807, 2.05) is 0 Å². The summed E-state index contributed by atoms with van der Waals surface area (Å²) in [6.07, 6.45) is 2.57. The van der Waals surface area contributed by atoms with E-state index in [0.29, 0.717) is 0 Å². The van der Waals surface area contributed by atoms with Gasteiger partial charge in [0.25, 0.3) is 0 Å². The van der Waals surface area contributed by atoms with Gasteiger partial charge in [-0.05, 0) is 31.8 Å². The van der Waals surface area contributed by atoms with Crippen molar-refractivity contribution in [2.75, 3.05) is 26.8 Å². The normalized spacial score (nSPS) is 20.1. The Morgan fingerprint density at radius 3 is 2.50 bits per heavy atom. The molecule has 1 saturated heterocycles. The zero-order valence-corrected chi connectivity index (χ0v) is 7.16. The minimum absolute atomic E-state index is 0. The van der Waals surface area contributed by atoms with Gasteiger partial charge in [-0.2, -0.15) is 0 Å². The lowest BCUT2D eigenvalue weighted by molar-refractivity contribution is -0.00000227. The Balaban J connectivity index is 0.000000810. The molecule has 0 aromatic carbocycles. The monoisotopic (exact) mass is 164 g/mol. The number of halogens is 1. The molecule has 1 aliphatic rings. The molecule has 1 N–H and O–H groups in total. The Hall–Kier alpha value is 0.210. The summed E-state index contributed by atoms with van der Waals surface area (Å²) in [4.78, 5) is 0. The lowest BCUT2D eigenvalue weighted by Crippen LogP contribution is -3.00. The molecule has 0 aromatic rings. The quantitative estimate of drug-likeness (QED) is 0.493. The number of hydrogen-bond acceptors (Lipinski definition) is 2. The van der Waals surface area contributed by atoms with Crippen LogP contribution >= 0.6 is 0 Å². The van der Waals surface area contributed by atoms with Crippen molar-refractivity contribution in [3.8, 4) is 0 Å². The predicted octanol–water partition coefficient (Wildman–Crippen LogP) is -2.36. The summed E-state index contributed by atoms with van der Waals surface area (Å²) in [6, 6.07) is 0.